The first-order chi connectivity index (χ1) is 9.25. The second-order valence-corrected chi connectivity index (χ2v) is 5.32. The van der Waals surface area contributed by atoms with Crippen molar-refractivity contribution < 1.29 is 9.90 Å². The molecule has 6 heteroatoms. The number of carboxylic acids is 1. The van der Waals surface area contributed by atoms with Gasteiger partial charge in [0.1, 0.15) is 16.6 Å². The van der Waals surface area contributed by atoms with Crippen LogP contribution in [0.1, 0.15) is 12.8 Å². The summed E-state index contributed by atoms with van der Waals surface area (Å²) in [6.07, 6.45) is 1.62. The highest BCUT2D eigenvalue weighted by molar-refractivity contribution is 7.12. The topological polar surface area (TPSA) is 66.3 Å². The number of hydrogen-bond donors (Lipinski definition) is 1. The van der Waals surface area contributed by atoms with Crippen LogP contribution in [0.25, 0.3) is 10.6 Å². The Morgan fingerprint density at radius 2 is 2.37 bits per heavy atom. The maximum Gasteiger partial charge on any atom is 0.326 e. The number of anilines is 1. The molecule has 0 amide bonds. The molecule has 1 atom stereocenters. The fourth-order valence-electron chi connectivity index (χ4n) is 2.45. The standard InChI is InChI=1S/C13H13N3O2S/c17-13(18)11-5-2-6-16(11)10-4-1-3-9(7-10)12-15-14-8-19-12/h1,3-4,7-8,11H,2,5-6H2,(H,17,18). The molecule has 1 aliphatic heterocycles. The second kappa shape index (κ2) is 4.97. The average Bonchev–Trinajstić information content (AvgIpc) is 3.10. The van der Waals surface area contributed by atoms with Crippen molar-refractivity contribution >= 4 is 23.0 Å². The van der Waals surface area contributed by atoms with Crippen LogP contribution < -0.4 is 4.90 Å². The molecule has 0 bridgehead atoms. The van der Waals surface area contributed by atoms with Crippen LogP contribution in [0.4, 0.5) is 5.69 Å². The zero-order valence-electron chi connectivity index (χ0n) is 10.2. The smallest absolute Gasteiger partial charge is 0.326 e. The van der Waals surface area contributed by atoms with E-state index in [9.17, 15) is 9.90 Å². The highest BCUT2D eigenvalue weighted by atomic mass is 32.1. The largest absolute Gasteiger partial charge is 0.480 e. The van der Waals surface area contributed by atoms with E-state index in [1.165, 1.54) is 11.3 Å². The van der Waals surface area contributed by atoms with Gasteiger partial charge in [-0.3, -0.25) is 0 Å². The zero-order valence-corrected chi connectivity index (χ0v) is 11.0. The third-order valence-electron chi connectivity index (χ3n) is 3.32. The van der Waals surface area contributed by atoms with Crippen LogP contribution >= 0.6 is 11.3 Å². The molecule has 0 radical (unpaired) electrons. The van der Waals surface area contributed by atoms with Gasteiger partial charge in [0.15, 0.2) is 0 Å². The summed E-state index contributed by atoms with van der Waals surface area (Å²) in [4.78, 5) is 13.2. The number of carbonyl (C=O) groups is 1. The summed E-state index contributed by atoms with van der Waals surface area (Å²) in [7, 11) is 0. The Labute approximate surface area is 114 Å². The van der Waals surface area contributed by atoms with Crippen molar-refractivity contribution in [1.82, 2.24) is 10.2 Å². The Morgan fingerprint density at radius 3 is 3.11 bits per heavy atom. The number of aromatic nitrogens is 2. The summed E-state index contributed by atoms with van der Waals surface area (Å²) in [6, 6.07) is 7.43. The van der Waals surface area contributed by atoms with E-state index >= 15 is 0 Å². The van der Waals surface area contributed by atoms with E-state index in [0.29, 0.717) is 6.42 Å². The zero-order chi connectivity index (χ0) is 13.2. The van der Waals surface area contributed by atoms with Gasteiger partial charge in [-0.25, -0.2) is 4.79 Å². The molecule has 1 aromatic heterocycles. The Bertz CT molecular complexity index is 585. The van der Waals surface area contributed by atoms with E-state index in [-0.39, 0.29) is 0 Å². The highest BCUT2D eigenvalue weighted by Gasteiger charge is 2.30. The molecule has 3 rings (SSSR count). The van der Waals surface area contributed by atoms with E-state index in [0.717, 1.165) is 29.2 Å². The van der Waals surface area contributed by atoms with Crippen LogP contribution in [-0.4, -0.2) is 33.9 Å². The normalized spacial score (nSPS) is 18.7. The summed E-state index contributed by atoms with van der Waals surface area (Å²) in [6.45, 7) is 0.788. The minimum Gasteiger partial charge on any atom is -0.480 e. The van der Waals surface area contributed by atoms with E-state index in [4.69, 9.17) is 0 Å². The molecule has 1 N–H and O–H groups in total. The molecule has 19 heavy (non-hydrogen) atoms. The molecular weight excluding hydrogens is 262 g/mol. The molecule has 98 valence electrons. The molecule has 2 aromatic rings. The Balaban J connectivity index is 1.93. The lowest BCUT2D eigenvalue weighted by Crippen LogP contribution is -2.35. The monoisotopic (exact) mass is 275 g/mol. The first-order valence-corrected chi connectivity index (χ1v) is 7.00. The Hall–Kier alpha value is -1.95. The van der Waals surface area contributed by atoms with E-state index < -0.39 is 12.0 Å². The summed E-state index contributed by atoms with van der Waals surface area (Å²) in [5, 5.41) is 18.0. The van der Waals surface area contributed by atoms with Crippen molar-refractivity contribution in [3.05, 3.63) is 29.8 Å². The lowest BCUT2D eigenvalue weighted by atomic mass is 10.1. The summed E-state index contributed by atoms with van der Waals surface area (Å²) in [5.74, 6) is -0.751. The summed E-state index contributed by atoms with van der Waals surface area (Å²) >= 11 is 1.48. The van der Waals surface area contributed by atoms with Crippen molar-refractivity contribution in [2.24, 2.45) is 0 Å². The molecule has 2 heterocycles. The predicted octanol–water partition coefficient (Wildman–Crippen LogP) is 2.26. The van der Waals surface area contributed by atoms with Crippen LogP contribution in [0.15, 0.2) is 29.8 Å². The third kappa shape index (κ3) is 2.31. The van der Waals surface area contributed by atoms with Crippen LogP contribution in [0.2, 0.25) is 0 Å². The maximum atomic E-state index is 11.2. The molecule has 1 unspecified atom stereocenters. The van der Waals surface area contributed by atoms with Crippen molar-refractivity contribution in [1.29, 1.82) is 0 Å². The molecule has 1 saturated heterocycles. The minimum atomic E-state index is -0.751. The van der Waals surface area contributed by atoms with Crippen molar-refractivity contribution in [2.75, 3.05) is 11.4 Å². The van der Waals surface area contributed by atoms with Gasteiger partial charge < -0.3 is 10.0 Å². The SMILES string of the molecule is O=C(O)C1CCCN1c1cccc(-c2nncs2)c1. The molecule has 1 fully saturated rings. The second-order valence-electron chi connectivity index (χ2n) is 4.48. The van der Waals surface area contributed by atoms with Gasteiger partial charge >= 0.3 is 5.97 Å². The third-order valence-corrected chi connectivity index (χ3v) is 4.06. The molecule has 5 nitrogen and oxygen atoms in total. The van der Waals surface area contributed by atoms with Gasteiger partial charge in [0, 0.05) is 17.8 Å². The van der Waals surface area contributed by atoms with E-state index in [1.54, 1.807) is 5.51 Å². The van der Waals surface area contributed by atoms with E-state index in [1.807, 2.05) is 29.2 Å². The van der Waals surface area contributed by atoms with Crippen LogP contribution in [0.5, 0.6) is 0 Å². The van der Waals surface area contributed by atoms with Crippen LogP contribution in [-0.2, 0) is 4.79 Å². The molecule has 1 aliphatic rings. The maximum absolute atomic E-state index is 11.2. The van der Waals surface area contributed by atoms with Crippen LogP contribution in [0, 0.1) is 0 Å². The number of carboxylic acid groups (broad SMARTS) is 1. The lowest BCUT2D eigenvalue weighted by molar-refractivity contribution is -0.138. The van der Waals surface area contributed by atoms with Gasteiger partial charge in [-0.1, -0.05) is 23.5 Å². The first kappa shape index (κ1) is 12.1. The summed E-state index contributed by atoms with van der Waals surface area (Å²) in [5.41, 5.74) is 3.62. The van der Waals surface area contributed by atoms with Gasteiger partial charge in [0.25, 0.3) is 0 Å². The summed E-state index contributed by atoms with van der Waals surface area (Å²) < 4.78 is 0. The fourth-order valence-corrected chi connectivity index (χ4v) is 3.00. The predicted molar refractivity (Wildman–Crippen MR) is 73.3 cm³/mol. The average molecular weight is 275 g/mol. The van der Waals surface area contributed by atoms with Crippen molar-refractivity contribution in [3.8, 4) is 10.6 Å². The number of hydrogen-bond acceptors (Lipinski definition) is 5. The van der Waals surface area contributed by atoms with Gasteiger partial charge in [0.05, 0.1) is 0 Å². The minimum absolute atomic E-state index is 0.412. The molecule has 0 aliphatic carbocycles. The van der Waals surface area contributed by atoms with Crippen LogP contribution in [0.3, 0.4) is 0 Å². The van der Waals surface area contributed by atoms with Gasteiger partial charge in [0.2, 0.25) is 0 Å². The quantitative estimate of drug-likeness (QED) is 0.930. The molecular formula is C13H13N3O2S. The molecule has 0 saturated carbocycles. The van der Waals surface area contributed by atoms with Crippen molar-refractivity contribution in [2.45, 2.75) is 18.9 Å². The number of aliphatic carboxylic acids is 1. The van der Waals surface area contributed by atoms with E-state index in [2.05, 4.69) is 10.2 Å². The Morgan fingerprint density at radius 1 is 1.47 bits per heavy atom. The van der Waals surface area contributed by atoms with Gasteiger partial charge in [-0.2, -0.15) is 0 Å². The number of benzene rings is 1. The number of rotatable bonds is 3. The number of nitrogens with zero attached hydrogens (tertiary/aromatic N) is 3. The van der Waals surface area contributed by atoms with Gasteiger partial charge in [-0.15, -0.1) is 10.2 Å². The molecule has 1 aromatic carbocycles. The lowest BCUT2D eigenvalue weighted by Gasteiger charge is -2.23. The fraction of sp³-hybridized carbons (Fsp3) is 0.308. The molecule has 0 spiro atoms. The van der Waals surface area contributed by atoms with Gasteiger partial charge in [-0.05, 0) is 25.0 Å². The first-order valence-electron chi connectivity index (χ1n) is 6.12. The highest BCUT2D eigenvalue weighted by Crippen LogP contribution is 2.30. The van der Waals surface area contributed by atoms with Crippen molar-refractivity contribution in [3.63, 3.8) is 0 Å². The Kier molecular flexibility index (Phi) is 3.16.